The van der Waals surface area contributed by atoms with Crippen LogP contribution in [0.3, 0.4) is 0 Å². The summed E-state index contributed by atoms with van der Waals surface area (Å²) in [7, 11) is 0. The third kappa shape index (κ3) is 5.08. The summed E-state index contributed by atoms with van der Waals surface area (Å²) in [5.74, 6) is 6.34. The third-order valence-electron chi connectivity index (χ3n) is 5.83. The van der Waals surface area contributed by atoms with Crippen molar-refractivity contribution in [3.63, 3.8) is 0 Å². The Morgan fingerprint density at radius 3 is 2.03 bits per heavy atom. The Balaban J connectivity index is 1.42. The van der Waals surface area contributed by atoms with Crippen LogP contribution >= 0.6 is 11.6 Å². The van der Waals surface area contributed by atoms with E-state index in [1.165, 1.54) is 12.1 Å². The van der Waals surface area contributed by atoms with Crippen molar-refractivity contribution in [3.8, 4) is 11.8 Å². The van der Waals surface area contributed by atoms with Crippen molar-refractivity contribution in [2.24, 2.45) is 5.10 Å². The molecule has 0 amide bonds. The topological polar surface area (TPSA) is 58.7 Å². The van der Waals surface area contributed by atoms with E-state index < -0.39 is 4.92 Å². The van der Waals surface area contributed by atoms with E-state index in [0.29, 0.717) is 5.02 Å². The predicted octanol–water partition coefficient (Wildman–Crippen LogP) is 7.00. The molecule has 1 aliphatic rings. The number of halogens is 1. The molecule has 1 unspecified atom stereocenters. The van der Waals surface area contributed by atoms with E-state index in [1.54, 1.807) is 12.1 Å². The van der Waals surface area contributed by atoms with E-state index in [9.17, 15) is 10.1 Å². The number of hydrogen-bond acceptors (Lipinski definition) is 4. The number of anilines is 1. The van der Waals surface area contributed by atoms with Crippen molar-refractivity contribution in [2.75, 3.05) is 5.01 Å². The van der Waals surface area contributed by atoms with E-state index in [1.807, 2.05) is 71.7 Å². The van der Waals surface area contributed by atoms with Crippen LogP contribution in [0.4, 0.5) is 11.4 Å². The molecule has 0 fully saturated rings. The zero-order valence-electron chi connectivity index (χ0n) is 18.6. The van der Waals surface area contributed by atoms with Gasteiger partial charge in [0.1, 0.15) is 0 Å². The molecule has 5 rings (SSSR count). The van der Waals surface area contributed by atoms with Crippen molar-refractivity contribution in [1.29, 1.82) is 0 Å². The number of nitro benzene ring substituents is 1. The SMILES string of the molecule is O=[N+]([O-])c1ccc(N2N=C(c3ccc(C#Cc4ccc(Cl)cc4)cc3)CC2c2ccccc2)cc1. The van der Waals surface area contributed by atoms with Gasteiger partial charge in [-0.2, -0.15) is 5.10 Å². The van der Waals surface area contributed by atoms with Crippen LogP contribution in [0.2, 0.25) is 5.02 Å². The highest BCUT2D eigenvalue weighted by Crippen LogP contribution is 2.37. The van der Waals surface area contributed by atoms with Crippen molar-refractivity contribution < 1.29 is 4.92 Å². The van der Waals surface area contributed by atoms with E-state index >= 15 is 0 Å². The van der Waals surface area contributed by atoms with Crippen LogP contribution in [0.5, 0.6) is 0 Å². The molecule has 1 aliphatic heterocycles. The number of benzene rings is 4. The zero-order valence-corrected chi connectivity index (χ0v) is 19.4. The second-order valence-corrected chi connectivity index (χ2v) is 8.57. The van der Waals surface area contributed by atoms with Gasteiger partial charge >= 0.3 is 0 Å². The van der Waals surface area contributed by atoms with Gasteiger partial charge in [0.25, 0.3) is 5.69 Å². The van der Waals surface area contributed by atoms with Gasteiger partial charge in [0, 0.05) is 34.7 Å². The van der Waals surface area contributed by atoms with Crippen LogP contribution in [-0.2, 0) is 0 Å². The molecule has 0 aliphatic carbocycles. The maximum Gasteiger partial charge on any atom is 0.269 e. The predicted molar refractivity (Wildman–Crippen MR) is 140 cm³/mol. The average Bonchev–Trinajstić information content (AvgIpc) is 3.35. The molecule has 0 spiro atoms. The Hall–Kier alpha value is -4.40. The van der Waals surface area contributed by atoms with E-state index in [2.05, 4.69) is 24.0 Å². The molecule has 1 atom stereocenters. The molecule has 0 saturated carbocycles. The van der Waals surface area contributed by atoms with Crippen LogP contribution in [-0.4, -0.2) is 10.6 Å². The highest BCUT2D eigenvalue weighted by molar-refractivity contribution is 6.30. The second-order valence-electron chi connectivity index (χ2n) is 8.13. The number of non-ortho nitro benzene ring substituents is 1. The molecule has 0 bridgehead atoms. The normalized spacial score (nSPS) is 14.7. The minimum Gasteiger partial charge on any atom is -0.258 e. The summed E-state index contributed by atoms with van der Waals surface area (Å²) in [5, 5.41) is 18.6. The van der Waals surface area contributed by atoms with E-state index in [0.717, 1.165) is 40.1 Å². The fourth-order valence-corrected chi connectivity index (χ4v) is 4.13. The zero-order chi connectivity index (χ0) is 24.2. The number of hydrazone groups is 1. The standard InChI is InChI=1S/C29H20ClN3O2/c30-25-14-10-22(11-15-25)7-6-21-8-12-23(13-9-21)28-20-29(24-4-2-1-3-5-24)32(31-28)26-16-18-27(19-17-26)33(34)35/h1-5,8-19,29H,20H2. The Morgan fingerprint density at radius 1 is 0.829 bits per heavy atom. The Labute approximate surface area is 208 Å². The van der Waals surface area contributed by atoms with Crippen molar-refractivity contribution in [3.05, 3.63) is 141 Å². The van der Waals surface area contributed by atoms with Crippen LogP contribution < -0.4 is 5.01 Å². The van der Waals surface area contributed by atoms with Crippen LogP contribution in [0.1, 0.15) is 34.7 Å². The van der Waals surface area contributed by atoms with Gasteiger partial charge in [0.15, 0.2) is 0 Å². The molecule has 6 heteroatoms. The lowest BCUT2D eigenvalue weighted by Crippen LogP contribution is -2.18. The van der Waals surface area contributed by atoms with Crippen molar-refractivity contribution in [2.45, 2.75) is 12.5 Å². The first-order chi connectivity index (χ1) is 17.1. The number of nitro groups is 1. The lowest BCUT2D eigenvalue weighted by atomic mass is 9.97. The van der Waals surface area contributed by atoms with Gasteiger partial charge in [-0.3, -0.25) is 15.1 Å². The largest absolute Gasteiger partial charge is 0.269 e. The molecule has 5 nitrogen and oxygen atoms in total. The molecule has 1 heterocycles. The van der Waals surface area contributed by atoms with Gasteiger partial charge in [-0.25, -0.2) is 0 Å². The van der Waals surface area contributed by atoms with Crippen LogP contribution in [0.15, 0.2) is 108 Å². The summed E-state index contributed by atoms with van der Waals surface area (Å²) in [5.41, 5.74) is 5.79. The van der Waals surface area contributed by atoms with Crippen LogP contribution in [0, 0.1) is 22.0 Å². The van der Waals surface area contributed by atoms with E-state index in [4.69, 9.17) is 16.7 Å². The van der Waals surface area contributed by atoms with Crippen molar-refractivity contribution in [1.82, 2.24) is 0 Å². The second kappa shape index (κ2) is 9.84. The quantitative estimate of drug-likeness (QED) is 0.180. The van der Waals surface area contributed by atoms with Gasteiger partial charge in [-0.05, 0) is 59.7 Å². The molecule has 4 aromatic rings. The molecule has 0 saturated heterocycles. The molecule has 4 aromatic carbocycles. The van der Waals surface area contributed by atoms with Gasteiger partial charge in [0.2, 0.25) is 0 Å². The molecule has 170 valence electrons. The number of hydrogen-bond donors (Lipinski definition) is 0. The summed E-state index contributed by atoms with van der Waals surface area (Å²) >= 11 is 5.94. The first kappa shape index (κ1) is 22.4. The Bertz CT molecular complexity index is 1440. The maximum atomic E-state index is 11.1. The highest BCUT2D eigenvalue weighted by Gasteiger charge is 2.30. The molecule has 0 aromatic heterocycles. The molecule has 0 radical (unpaired) electrons. The third-order valence-corrected chi connectivity index (χ3v) is 6.09. The summed E-state index contributed by atoms with van der Waals surface area (Å²) in [4.78, 5) is 10.7. The van der Waals surface area contributed by atoms with Gasteiger partial charge in [-0.1, -0.05) is 65.9 Å². The smallest absolute Gasteiger partial charge is 0.258 e. The lowest BCUT2D eigenvalue weighted by molar-refractivity contribution is -0.384. The fraction of sp³-hybridized carbons (Fsp3) is 0.0690. The van der Waals surface area contributed by atoms with Gasteiger partial charge in [0.05, 0.1) is 22.4 Å². The Kier molecular flexibility index (Phi) is 6.30. The summed E-state index contributed by atoms with van der Waals surface area (Å²) in [6.45, 7) is 0. The fourth-order valence-electron chi connectivity index (χ4n) is 4.01. The average molecular weight is 478 g/mol. The summed E-state index contributed by atoms with van der Waals surface area (Å²) in [6, 6.07) is 32.2. The van der Waals surface area contributed by atoms with E-state index in [-0.39, 0.29) is 11.7 Å². The van der Waals surface area contributed by atoms with Gasteiger partial charge in [-0.15, -0.1) is 0 Å². The molecule has 0 N–H and O–H groups in total. The lowest BCUT2D eigenvalue weighted by Gasteiger charge is -2.23. The maximum absolute atomic E-state index is 11.1. The summed E-state index contributed by atoms with van der Waals surface area (Å²) < 4.78 is 0. The first-order valence-corrected chi connectivity index (χ1v) is 11.5. The highest BCUT2D eigenvalue weighted by atomic mass is 35.5. The summed E-state index contributed by atoms with van der Waals surface area (Å²) in [6.07, 6.45) is 0.719. The molecule has 35 heavy (non-hydrogen) atoms. The first-order valence-electron chi connectivity index (χ1n) is 11.1. The molecular formula is C29H20ClN3O2. The van der Waals surface area contributed by atoms with Crippen molar-refractivity contribution >= 4 is 28.7 Å². The van der Waals surface area contributed by atoms with Gasteiger partial charge < -0.3 is 0 Å². The van der Waals surface area contributed by atoms with Crippen LogP contribution in [0.25, 0.3) is 0 Å². The number of rotatable bonds is 4. The minimum absolute atomic E-state index is 0.00275. The monoisotopic (exact) mass is 477 g/mol. The number of nitrogens with zero attached hydrogens (tertiary/aromatic N) is 3. The Morgan fingerprint density at radius 2 is 1.43 bits per heavy atom. The molecular weight excluding hydrogens is 458 g/mol. The minimum atomic E-state index is -0.394.